The lowest BCUT2D eigenvalue weighted by Gasteiger charge is -2.36. The molecule has 7 heteroatoms. The Bertz CT molecular complexity index is 955. The number of aryl methyl sites for hydroxylation is 1. The molecule has 3 rings (SSSR count). The molecule has 0 amide bonds. The monoisotopic (exact) mass is 422 g/mol. The van der Waals surface area contributed by atoms with Crippen molar-refractivity contribution in [3.05, 3.63) is 58.0 Å². The highest BCUT2D eigenvalue weighted by Crippen LogP contribution is 2.45. The number of halogens is 4. The zero-order valence-electron chi connectivity index (χ0n) is 16.5. The summed E-state index contributed by atoms with van der Waals surface area (Å²) < 4.78 is 55.9. The molecule has 29 heavy (non-hydrogen) atoms. The first-order valence-electron chi connectivity index (χ1n) is 9.41. The van der Waals surface area contributed by atoms with E-state index in [0.29, 0.717) is 17.7 Å². The van der Waals surface area contributed by atoms with Crippen LogP contribution in [0.5, 0.6) is 0 Å². The van der Waals surface area contributed by atoms with Gasteiger partial charge in [-0.15, -0.1) is 11.8 Å². The Morgan fingerprint density at radius 1 is 1.21 bits per heavy atom. The van der Waals surface area contributed by atoms with Crippen molar-refractivity contribution in [3.8, 4) is 6.07 Å². The third kappa shape index (κ3) is 4.58. The van der Waals surface area contributed by atoms with Crippen LogP contribution in [0.3, 0.4) is 0 Å². The van der Waals surface area contributed by atoms with Crippen molar-refractivity contribution in [2.24, 2.45) is 11.3 Å². The largest absolute Gasteiger partial charge is 0.418 e. The predicted molar refractivity (Wildman–Crippen MR) is 105 cm³/mol. The summed E-state index contributed by atoms with van der Waals surface area (Å²) in [6, 6.07) is 7.82. The molecular weight excluding hydrogens is 400 g/mol. The van der Waals surface area contributed by atoms with Crippen LogP contribution < -0.4 is 0 Å². The molecular formula is C22H22F4N2S. The molecule has 0 saturated carbocycles. The molecule has 1 heterocycles. The minimum absolute atomic E-state index is 0.0241. The van der Waals surface area contributed by atoms with Crippen molar-refractivity contribution in [3.63, 3.8) is 0 Å². The first-order chi connectivity index (χ1) is 13.5. The fourth-order valence-corrected chi connectivity index (χ4v) is 4.75. The summed E-state index contributed by atoms with van der Waals surface area (Å²) in [5.74, 6) is -0.239. The van der Waals surface area contributed by atoms with E-state index in [1.54, 1.807) is 24.3 Å². The van der Waals surface area contributed by atoms with Crippen LogP contribution in [-0.4, -0.2) is 4.98 Å². The van der Waals surface area contributed by atoms with Crippen molar-refractivity contribution < 1.29 is 17.6 Å². The fourth-order valence-electron chi connectivity index (χ4n) is 3.76. The quantitative estimate of drug-likeness (QED) is 0.415. The Kier molecular flexibility index (Phi) is 5.96. The normalized spacial score (nSPS) is 17.0. The van der Waals surface area contributed by atoms with Crippen LogP contribution in [0.2, 0.25) is 0 Å². The molecule has 0 bridgehead atoms. The molecule has 0 aliphatic heterocycles. The maximum Gasteiger partial charge on any atom is 0.418 e. The zero-order chi connectivity index (χ0) is 21.4. The van der Waals surface area contributed by atoms with Crippen LogP contribution in [-0.2, 0) is 24.8 Å². The number of hydrogen-bond acceptors (Lipinski definition) is 3. The van der Waals surface area contributed by atoms with Crippen LogP contribution in [0.25, 0.3) is 0 Å². The highest BCUT2D eigenvalue weighted by molar-refractivity contribution is 7.98. The molecule has 0 radical (unpaired) electrons. The predicted octanol–water partition coefficient (Wildman–Crippen LogP) is 6.55. The lowest BCUT2D eigenvalue weighted by atomic mass is 9.70. The lowest BCUT2D eigenvalue weighted by molar-refractivity contribution is -0.139. The van der Waals surface area contributed by atoms with Gasteiger partial charge in [-0.3, -0.25) is 0 Å². The molecule has 1 atom stereocenters. The number of alkyl halides is 3. The first-order valence-corrected chi connectivity index (χ1v) is 10.4. The van der Waals surface area contributed by atoms with Crippen molar-refractivity contribution in [2.45, 2.75) is 57.0 Å². The van der Waals surface area contributed by atoms with Gasteiger partial charge in [0.15, 0.2) is 0 Å². The van der Waals surface area contributed by atoms with Crippen LogP contribution >= 0.6 is 11.8 Å². The number of fused-ring (bicyclic) bond motifs is 1. The number of nitrogens with zero attached hydrogens (tertiary/aromatic N) is 2. The molecule has 2 aromatic rings. The van der Waals surface area contributed by atoms with Crippen molar-refractivity contribution in [1.82, 2.24) is 4.98 Å². The average Bonchev–Trinajstić information content (AvgIpc) is 2.64. The first kappa shape index (κ1) is 21.6. The summed E-state index contributed by atoms with van der Waals surface area (Å²) in [7, 11) is 0. The maximum absolute atomic E-state index is 14.0. The summed E-state index contributed by atoms with van der Waals surface area (Å²) in [6.45, 7) is 6.06. The Hall–Kier alpha value is -2.07. The Labute approximate surface area is 172 Å². The minimum atomic E-state index is -4.65. The maximum atomic E-state index is 14.0. The molecule has 1 aromatic carbocycles. The van der Waals surface area contributed by atoms with Gasteiger partial charge < -0.3 is 0 Å². The number of rotatable bonds is 3. The van der Waals surface area contributed by atoms with Crippen LogP contribution in [0.1, 0.15) is 55.1 Å². The molecule has 2 nitrogen and oxygen atoms in total. The number of hydrogen-bond donors (Lipinski definition) is 0. The van der Waals surface area contributed by atoms with E-state index in [9.17, 15) is 22.8 Å². The minimum Gasteiger partial charge on any atom is -0.245 e. The molecule has 1 aromatic heterocycles. The van der Waals surface area contributed by atoms with E-state index in [1.165, 1.54) is 6.07 Å². The molecule has 1 aliphatic carbocycles. The van der Waals surface area contributed by atoms with Crippen LogP contribution in [0.15, 0.2) is 29.3 Å². The summed E-state index contributed by atoms with van der Waals surface area (Å²) in [6.07, 6.45) is -3.19. The number of thioether (sulfide) groups is 1. The molecule has 1 unspecified atom stereocenters. The van der Waals surface area contributed by atoms with E-state index in [1.807, 2.05) is 20.8 Å². The zero-order valence-corrected chi connectivity index (χ0v) is 17.3. The number of nitriles is 1. The van der Waals surface area contributed by atoms with Gasteiger partial charge in [0.05, 0.1) is 11.1 Å². The molecule has 0 N–H and O–H groups in total. The van der Waals surface area contributed by atoms with E-state index in [4.69, 9.17) is 0 Å². The van der Waals surface area contributed by atoms with Gasteiger partial charge >= 0.3 is 6.18 Å². The summed E-state index contributed by atoms with van der Waals surface area (Å²) in [5.41, 5.74) is -0.529. The molecule has 1 aliphatic rings. The highest BCUT2D eigenvalue weighted by atomic mass is 32.2. The van der Waals surface area contributed by atoms with Gasteiger partial charge in [0.1, 0.15) is 16.9 Å². The third-order valence-electron chi connectivity index (χ3n) is 5.47. The van der Waals surface area contributed by atoms with Crippen LogP contribution in [0.4, 0.5) is 17.6 Å². The van der Waals surface area contributed by atoms with Crippen molar-refractivity contribution >= 4 is 11.8 Å². The number of benzene rings is 1. The third-order valence-corrected chi connectivity index (χ3v) is 6.50. The topological polar surface area (TPSA) is 36.7 Å². The van der Waals surface area contributed by atoms with Gasteiger partial charge in [-0.1, -0.05) is 39.0 Å². The molecule has 0 spiro atoms. The van der Waals surface area contributed by atoms with Crippen molar-refractivity contribution in [1.29, 1.82) is 5.26 Å². The van der Waals surface area contributed by atoms with E-state index >= 15 is 0 Å². The van der Waals surface area contributed by atoms with Gasteiger partial charge in [-0.25, -0.2) is 9.37 Å². The van der Waals surface area contributed by atoms with Crippen LogP contribution in [0, 0.1) is 28.5 Å². The Morgan fingerprint density at radius 3 is 2.48 bits per heavy atom. The molecule has 154 valence electrons. The summed E-state index contributed by atoms with van der Waals surface area (Å²) >= 11 is 0.975. The Morgan fingerprint density at radius 2 is 1.90 bits per heavy atom. The van der Waals surface area contributed by atoms with Gasteiger partial charge in [0.25, 0.3) is 0 Å². The number of pyridine rings is 1. The standard InChI is InChI=1S/C22H22F4N2S/c1-21(2,3)14-8-9-18-15(10-14)19(22(24,25)26)16(11-27)20(28-18)29-12-13-6-4-5-7-17(13)23/h4-7,14H,8-10,12H2,1-3H3. The highest BCUT2D eigenvalue weighted by Gasteiger charge is 2.42. The van der Waals surface area contributed by atoms with Gasteiger partial charge in [0.2, 0.25) is 0 Å². The van der Waals surface area contributed by atoms with E-state index in [-0.39, 0.29) is 34.1 Å². The lowest BCUT2D eigenvalue weighted by Crippen LogP contribution is -2.30. The summed E-state index contributed by atoms with van der Waals surface area (Å²) in [4.78, 5) is 4.44. The average molecular weight is 422 g/mol. The second-order valence-electron chi connectivity index (χ2n) is 8.39. The fraction of sp³-hybridized carbons (Fsp3) is 0.455. The van der Waals surface area contributed by atoms with Gasteiger partial charge in [0, 0.05) is 11.4 Å². The van der Waals surface area contributed by atoms with E-state index in [2.05, 4.69) is 4.98 Å². The van der Waals surface area contributed by atoms with Crippen molar-refractivity contribution in [2.75, 3.05) is 0 Å². The Balaban J connectivity index is 2.06. The number of aromatic nitrogens is 1. The van der Waals surface area contributed by atoms with Gasteiger partial charge in [-0.05, 0) is 47.8 Å². The second-order valence-corrected chi connectivity index (χ2v) is 9.35. The molecule has 0 saturated heterocycles. The van der Waals surface area contributed by atoms with Gasteiger partial charge in [-0.2, -0.15) is 18.4 Å². The van der Waals surface area contributed by atoms with E-state index in [0.717, 1.165) is 18.2 Å². The SMILES string of the molecule is CC(C)(C)C1CCc2nc(SCc3ccccc3F)c(C#N)c(C(F)(F)F)c2C1. The summed E-state index contributed by atoms with van der Waals surface area (Å²) in [5, 5.41) is 9.59. The second kappa shape index (κ2) is 7.98. The van der Waals surface area contributed by atoms with E-state index < -0.39 is 23.1 Å². The smallest absolute Gasteiger partial charge is 0.245 e. The molecule has 0 fully saturated rings.